The van der Waals surface area contributed by atoms with Crippen molar-refractivity contribution in [3.8, 4) is 0 Å². The molecule has 0 unspecified atom stereocenters. The minimum Gasteiger partial charge on any atom is -0.480 e. The molecule has 1 aliphatic rings. The number of hydrogen-bond acceptors (Lipinski definition) is 2. The molecular formula is C14H18FNO2. The fraction of sp³-hybridized carbons (Fsp3) is 0.500. The molecule has 18 heavy (non-hydrogen) atoms. The first-order chi connectivity index (χ1) is 8.72. The third-order valence-corrected chi connectivity index (χ3v) is 3.71. The number of benzene rings is 1. The Morgan fingerprint density at radius 3 is 2.78 bits per heavy atom. The van der Waals surface area contributed by atoms with E-state index in [1.807, 2.05) is 30.3 Å². The fourth-order valence-electron chi connectivity index (χ4n) is 2.69. The van der Waals surface area contributed by atoms with Crippen molar-refractivity contribution in [1.82, 2.24) is 5.32 Å². The topological polar surface area (TPSA) is 49.3 Å². The molecule has 1 fully saturated rings. The Balaban J connectivity index is 2.11. The highest BCUT2D eigenvalue weighted by Crippen LogP contribution is 2.33. The SMILES string of the molecule is O=C(O)[C@H]1C[C@H]([C@@H](CF)c2ccccc2)CCN1. The minimum absolute atomic E-state index is 0.0970. The number of carboxylic acid groups (broad SMARTS) is 1. The van der Waals surface area contributed by atoms with Gasteiger partial charge in [-0.15, -0.1) is 0 Å². The van der Waals surface area contributed by atoms with E-state index in [9.17, 15) is 9.18 Å². The van der Waals surface area contributed by atoms with Crippen molar-refractivity contribution >= 4 is 5.97 Å². The highest BCUT2D eigenvalue weighted by molar-refractivity contribution is 5.73. The molecule has 0 bridgehead atoms. The number of alkyl halides is 1. The van der Waals surface area contributed by atoms with Gasteiger partial charge in [0.15, 0.2) is 0 Å². The van der Waals surface area contributed by atoms with Crippen LogP contribution in [0.5, 0.6) is 0 Å². The van der Waals surface area contributed by atoms with Crippen LogP contribution < -0.4 is 5.32 Å². The molecule has 0 amide bonds. The maximum Gasteiger partial charge on any atom is 0.320 e. The normalized spacial score (nSPS) is 25.6. The standard InChI is InChI=1S/C14H18FNO2/c15-9-12(10-4-2-1-3-5-10)11-6-7-16-13(8-11)14(17)18/h1-5,11-13,16H,6-9H2,(H,17,18)/t11-,12+,13-/m1/s1. The molecule has 3 nitrogen and oxygen atoms in total. The van der Waals surface area contributed by atoms with Crippen LogP contribution in [-0.4, -0.2) is 30.3 Å². The van der Waals surface area contributed by atoms with Gasteiger partial charge >= 0.3 is 5.97 Å². The van der Waals surface area contributed by atoms with Gasteiger partial charge in [0.25, 0.3) is 0 Å². The second-order valence-corrected chi connectivity index (χ2v) is 4.80. The molecule has 1 heterocycles. The van der Waals surface area contributed by atoms with Crippen molar-refractivity contribution in [2.24, 2.45) is 5.92 Å². The van der Waals surface area contributed by atoms with Gasteiger partial charge in [-0.25, -0.2) is 0 Å². The maximum absolute atomic E-state index is 13.3. The van der Waals surface area contributed by atoms with E-state index in [1.54, 1.807) is 0 Å². The van der Waals surface area contributed by atoms with Gasteiger partial charge < -0.3 is 10.4 Å². The number of nitrogens with one attached hydrogen (secondary N) is 1. The van der Waals surface area contributed by atoms with Crippen molar-refractivity contribution < 1.29 is 14.3 Å². The molecule has 1 aromatic rings. The van der Waals surface area contributed by atoms with Crippen LogP contribution in [0.3, 0.4) is 0 Å². The van der Waals surface area contributed by atoms with Gasteiger partial charge in [0.1, 0.15) is 6.04 Å². The van der Waals surface area contributed by atoms with Gasteiger partial charge in [-0.3, -0.25) is 9.18 Å². The van der Waals surface area contributed by atoms with Crippen LogP contribution in [0.4, 0.5) is 4.39 Å². The van der Waals surface area contributed by atoms with E-state index in [0.717, 1.165) is 12.0 Å². The first-order valence-corrected chi connectivity index (χ1v) is 6.29. The number of carbonyl (C=O) groups is 1. The Morgan fingerprint density at radius 2 is 2.17 bits per heavy atom. The summed E-state index contributed by atoms with van der Waals surface area (Å²) in [5.74, 6) is -0.930. The summed E-state index contributed by atoms with van der Waals surface area (Å²) in [5, 5.41) is 12.0. The van der Waals surface area contributed by atoms with E-state index in [4.69, 9.17) is 5.11 Å². The van der Waals surface area contributed by atoms with E-state index < -0.39 is 18.7 Å². The Kier molecular flexibility index (Phi) is 4.31. The van der Waals surface area contributed by atoms with Crippen molar-refractivity contribution in [1.29, 1.82) is 0 Å². The average molecular weight is 251 g/mol. The summed E-state index contributed by atoms with van der Waals surface area (Å²) >= 11 is 0. The van der Waals surface area contributed by atoms with Crippen molar-refractivity contribution in [3.63, 3.8) is 0 Å². The first-order valence-electron chi connectivity index (χ1n) is 6.29. The molecule has 1 saturated heterocycles. The Labute approximate surface area is 106 Å². The van der Waals surface area contributed by atoms with Crippen molar-refractivity contribution in [2.75, 3.05) is 13.2 Å². The second-order valence-electron chi connectivity index (χ2n) is 4.80. The molecule has 0 saturated carbocycles. The Morgan fingerprint density at radius 1 is 1.44 bits per heavy atom. The van der Waals surface area contributed by atoms with E-state index in [2.05, 4.69) is 5.32 Å². The van der Waals surface area contributed by atoms with Gasteiger partial charge in [-0.1, -0.05) is 30.3 Å². The maximum atomic E-state index is 13.3. The van der Waals surface area contributed by atoms with E-state index in [1.165, 1.54) is 0 Å². The molecule has 3 atom stereocenters. The third-order valence-electron chi connectivity index (χ3n) is 3.71. The largest absolute Gasteiger partial charge is 0.480 e. The van der Waals surface area contributed by atoms with Crippen LogP contribution in [-0.2, 0) is 4.79 Å². The summed E-state index contributed by atoms with van der Waals surface area (Å²) in [5.41, 5.74) is 0.969. The fourth-order valence-corrected chi connectivity index (χ4v) is 2.69. The zero-order chi connectivity index (χ0) is 13.0. The van der Waals surface area contributed by atoms with Gasteiger partial charge in [0.2, 0.25) is 0 Å². The molecule has 4 heteroatoms. The van der Waals surface area contributed by atoms with E-state index in [-0.39, 0.29) is 11.8 Å². The number of aliphatic carboxylic acids is 1. The molecule has 0 radical (unpaired) electrons. The molecule has 0 aliphatic carbocycles. The molecule has 1 aliphatic heterocycles. The van der Waals surface area contributed by atoms with E-state index >= 15 is 0 Å². The molecular weight excluding hydrogens is 233 g/mol. The quantitative estimate of drug-likeness (QED) is 0.862. The minimum atomic E-state index is -0.842. The van der Waals surface area contributed by atoms with Crippen LogP contribution in [0.2, 0.25) is 0 Å². The van der Waals surface area contributed by atoms with E-state index in [0.29, 0.717) is 13.0 Å². The number of carboxylic acids is 1. The lowest BCUT2D eigenvalue weighted by molar-refractivity contribution is -0.140. The van der Waals surface area contributed by atoms with Crippen molar-refractivity contribution in [3.05, 3.63) is 35.9 Å². The monoisotopic (exact) mass is 251 g/mol. The number of piperidine rings is 1. The summed E-state index contributed by atoms with van der Waals surface area (Å²) in [4.78, 5) is 11.0. The highest BCUT2D eigenvalue weighted by atomic mass is 19.1. The number of hydrogen-bond donors (Lipinski definition) is 2. The number of halogens is 1. The molecule has 1 aromatic carbocycles. The summed E-state index contributed by atoms with van der Waals surface area (Å²) in [7, 11) is 0. The Hall–Kier alpha value is -1.42. The Bertz CT molecular complexity index is 396. The predicted molar refractivity (Wildman–Crippen MR) is 67.3 cm³/mol. The van der Waals surface area contributed by atoms with Gasteiger partial charge in [-0.2, -0.15) is 0 Å². The lowest BCUT2D eigenvalue weighted by Crippen LogP contribution is -2.44. The molecule has 0 aromatic heterocycles. The highest BCUT2D eigenvalue weighted by Gasteiger charge is 2.32. The van der Waals surface area contributed by atoms with Gasteiger partial charge in [-0.05, 0) is 30.9 Å². The van der Waals surface area contributed by atoms with Crippen LogP contribution in [0.15, 0.2) is 30.3 Å². The summed E-state index contributed by atoms with van der Waals surface area (Å²) in [6, 6.07) is 8.99. The zero-order valence-corrected chi connectivity index (χ0v) is 10.2. The summed E-state index contributed by atoms with van der Waals surface area (Å²) in [6.07, 6.45) is 1.33. The number of rotatable bonds is 4. The van der Waals surface area contributed by atoms with Crippen LogP contribution >= 0.6 is 0 Å². The second kappa shape index (κ2) is 5.96. The van der Waals surface area contributed by atoms with Crippen LogP contribution in [0, 0.1) is 5.92 Å². The molecule has 98 valence electrons. The molecule has 2 N–H and O–H groups in total. The van der Waals surface area contributed by atoms with Gasteiger partial charge in [0.05, 0.1) is 6.67 Å². The lowest BCUT2D eigenvalue weighted by atomic mass is 9.79. The molecule has 0 spiro atoms. The lowest BCUT2D eigenvalue weighted by Gasteiger charge is -2.32. The first kappa shape index (κ1) is 13.0. The predicted octanol–water partition coefficient (Wildman–Crippen LogP) is 2.19. The van der Waals surface area contributed by atoms with Crippen molar-refractivity contribution in [2.45, 2.75) is 24.8 Å². The molecule has 2 rings (SSSR count). The van der Waals surface area contributed by atoms with Gasteiger partial charge in [0, 0.05) is 5.92 Å². The summed E-state index contributed by atoms with van der Waals surface area (Å²) in [6.45, 7) is 0.214. The zero-order valence-electron chi connectivity index (χ0n) is 10.2. The smallest absolute Gasteiger partial charge is 0.320 e. The third kappa shape index (κ3) is 2.88. The van der Waals surface area contributed by atoms with Crippen LogP contribution in [0.1, 0.15) is 24.3 Å². The van der Waals surface area contributed by atoms with Crippen LogP contribution in [0.25, 0.3) is 0 Å². The summed E-state index contributed by atoms with van der Waals surface area (Å²) < 4.78 is 13.3. The average Bonchev–Trinajstić information content (AvgIpc) is 2.41.